The smallest absolute Gasteiger partial charge is 0.328 e. The lowest BCUT2D eigenvalue weighted by molar-refractivity contribution is -0.133. The molecule has 1 aromatic heterocycles. The van der Waals surface area contributed by atoms with E-state index in [4.69, 9.17) is 11.2 Å². The first kappa shape index (κ1) is 23.8. The predicted molar refractivity (Wildman–Crippen MR) is 137 cm³/mol. The SMILES string of the molecule is C#CCN(C)CCCN1C(=O)N2[C@H](c3cccc(O)c3)c3[nH]c4ccc(OC)cc4c3C[C@@]2(C)C1=O. The molecule has 0 unspecified atom stereocenters. The van der Waals surface area contributed by atoms with Crippen LogP contribution in [0.5, 0.6) is 11.5 Å². The molecule has 2 N–H and O–H groups in total. The number of nitrogens with zero attached hydrogens (tertiary/aromatic N) is 3. The molecule has 2 aliphatic heterocycles. The lowest BCUT2D eigenvalue weighted by Crippen LogP contribution is -2.53. The van der Waals surface area contributed by atoms with Gasteiger partial charge in [-0.15, -0.1) is 6.42 Å². The summed E-state index contributed by atoms with van der Waals surface area (Å²) >= 11 is 0. The van der Waals surface area contributed by atoms with Crippen molar-refractivity contribution in [3.05, 3.63) is 59.3 Å². The Morgan fingerprint density at radius 1 is 1.28 bits per heavy atom. The quantitative estimate of drug-likeness (QED) is 0.394. The molecule has 2 aliphatic rings. The van der Waals surface area contributed by atoms with Crippen LogP contribution in [-0.2, 0) is 11.2 Å². The number of ether oxygens (including phenoxy) is 1. The number of hydrogen-bond donors (Lipinski definition) is 2. The van der Waals surface area contributed by atoms with Crippen molar-refractivity contribution in [2.24, 2.45) is 0 Å². The third-order valence-corrected chi connectivity index (χ3v) is 7.34. The maximum atomic E-state index is 13.8. The molecule has 8 nitrogen and oxygen atoms in total. The van der Waals surface area contributed by atoms with E-state index in [0.717, 1.165) is 33.5 Å². The standard InChI is InChI=1S/C28H30N4O4/c1-5-12-30(3)13-7-14-31-26(34)28(2)17-22-21-16-20(36-4)10-11-23(21)29-24(22)25(32(28)27(31)35)18-8-6-9-19(33)15-18/h1,6,8-11,15-16,25,29,33H,7,12-14,17H2,2-4H3/t25-,28+/m1/s1. The van der Waals surface area contributed by atoms with E-state index in [2.05, 4.69) is 10.9 Å². The highest BCUT2D eigenvalue weighted by Gasteiger charge is 2.60. The van der Waals surface area contributed by atoms with Gasteiger partial charge in [-0.1, -0.05) is 18.1 Å². The van der Waals surface area contributed by atoms with Gasteiger partial charge in [0.1, 0.15) is 23.1 Å². The van der Waals surface area contributed by atoms with Crippen molar-refractivity contribution in [3.8, 4) is 23.8 Å². The fourth-order valence-corrected chi connectivity index (χ4v) is 5.59. The molecule has 0 aliphatic carbocycles. The molecule has 1 fully saturated rings. The normalized spacial score (nSPS) is 21.1. The number of aromatic nitrogens is 1. The Morgan fingerprint density at radius 3 is 2.81 bits per heavy atom. The van der Waals surface area contributed by atoms with Crippen LogP contribution in [0.4, 0.5) is 4.79 Å². The van der Waals surface area contributed by atoms with E-state index in [1.54, 1.807) is 30.2 Å². The van der Waals surface area contributed by atoms with Crippen LogP contribution in [0.2, 0.25) is 0 Å². The van der Waals surface area contributed by atoms with E-state index in [1.807, 2.05) is 43.1 Å². The number of phenolic OH excluding ortho intramolecular Hbond substituents is 1. The minimum atomic E-state index is -1.07. The van der Waals surface area contributed by atoms with Gasteiger partial charge in [-0.05, 0) is 61.9 Å². The minimum Gasteiger partial charge on any atom is -0.508 e. The van der Waals surface area contributed by atoms with Crippen molar-refractivity contribution in [3.63, 3.8) is 0 Å². The number of amides is 3. The van der Waals surface area contributed by atoms with Crippen LogP contribution in [-0.4, -0.2) is 76.1 Å². The molecular weight excluding hydrogens is 456 g/mol. The second-order valence-electron chi connectivity index (χ2n) is 9.78. The lowest BCUT2D eigenvalue weighted by atomic mass is 9.81. The summed E-state index contributed by atoms with van der Waals surface area (Å²) in [5.41, 5.74) is 2.40. The molecule has 2 aromatic carbocycles. The number of urea groups is 1. The van der Waals surface area contributed by atoms with E-state index in [-0.39, 0.29) is 17.7 Å². The van der Waals surface area contributed by atoms with E-state index in [9.17, 15) is 14.7 Å². The Kier molecular flexibility index (Phi) is 5.89. The first-order valence-electron chi connectivity index (χ1n) is 12.0. The first-order chi connectivity index (χ1) is 17.3. The average Bonchev–Trinajstić information content (AvgIpc) is 3.30. The number of hydrogen-bond acceptors (Lipinski definition) is 5. The number of carbonyl (C=O) groups is 2. The van der Waals surface area contributed by atoms with E-state index >= 15 is 0 Å². The Morgan fingerprint density at radius 2 is 2.08 bits per heavy atom. The van der Waals surface area contributed by atoms with Crippen molar-refractivity contribution in [2.75, 3.05) is 33.8 Å². The highest BCUT2D eigenvalue weighted by molar-refractivity contribution is 6.08. The highest BCUT2D eigenvalue weighted by Crippen LogP contribution is 2.49. The van der Waals surface area contributed by atoms with Gasteiger partial charge in [0.2, 0.25) is 0 Å². The molecule has 3 heterocycles. The van der Waals surface area contributed by atoms with Crippen molar-refractivity contribution < 1.29 is 19.4 Å². The minimum absolute atomic E-state index is 0.102. The Balaban J connectivity index is 1.59. The number of terminal acetylenes is 1. The number of fused-ring (bicyclic) bond motifs is 4. The molecule has 3 amide bonds. The Labute approximate surface area is 210 Å². The second kappa shape index (κ2) is 8.92. The van der Waals surface area contributed by atoms with E-state index in [1.165, 1.54) is 4.90 Å². The zero-order valence-corrected chi connectivity index (χ0v) is 20.7. The summed E-state index contributed by atoms with van der Waals surface area (Å²) in [6, 6.07) is 11.8. The third kappa shape index (κ3) is 3.67. The Hall–Kier alpha value is -3.96. The Bertz CT molecular complexity index is 1390. The van der Waals surface area contributed by atoms with Crippen molar-refractivity contribution in [1.29, 1.82) is 0 Å². The largest absolute Gasteiger partial charge is 0.508 e. The number of nitrogens with one attached hydrogen (secondary N) is 1. The van der Waals surface area contributed by atoms with Gasteiger partial charge in [-0.2, -0.15) is 0 Å². The van der Waals surface area contributed by atoms with E-state index < -0.39 is 11.6 Å². The van der Waals surface area contributed by atoms with Crippen molar-refractivity contribution in [1.82, 2.24) is 19.7 Å². The summed E-state index contributed by atoms with van der Waals surface area (Å²) in [5.74, 6) is 3.22. The summed E-state index contributed by atoms with van der Waals surface area (Å²) in [6.07, 6.45) is 6.39. The number of phenols is 1. The number of methoxy groups -OCH3 is 1. The molecule has 8 heteroatoms. The van der Waals surface area contributed by atoms with Crippen LogP contribution < -0.4 is 4.74 Å². The number of rotatable bonds is 7. The zero-order chi connectivity index (χ0) is 25.6. The van der Waals surface area contributed by atoms with Crippen LogP contribution >= 0.6 is 0 Å². The van der Waals surface area contributed by atoms with Crippen LogP contribution in [0.1, 0.15) is 36.2 Å². The van der Waals surface area contributed by atoms with Crippen LogP contribution in [0.3, 0.4) is 0 Å². The van der Waals surface area contributed by atoms with Gasteiger partial charge >= 0.3 is 6.03 Å². The van der Waals surface area contributed by atoms with Gasteiger partial charge in [0.15, 0.2) is 0 Å². The maximum Gasteiger partial charge on any atom is 0.328 e. The number of carbonyl (C=O) groups excluding carboxylic acids is 2. The first-order valence-corrected chi connectivity index (χ1v) is 12.0. The molecule has 0 radical (unpaired) electrons. The molecule has 0 spiro atoms. The number of aromatic hydroxyl groups is 1. The summed E-state index contributed by atoms with van der Waals surface area (Å²) in [7, 11) is 3.54. The van der Waals surface area contributed by atoms with Crippen LogP contribution in [0.15, 0.2) is 42.5 Å². The molecule has 36 heavy (non-hydrogen) atoms. The number of H-pyrrole nitrogens is 1. The fraction of sp³-hybridized carbons (Fsp3) is 0.357. The van der Waals surface area contributed by atoms with Gasteiger partial charge in [0.25, 0.3) is 5.91 Å². The third-order valence-electron chi connectivity index (χ3n) is 7.34. The van der Waals surface area contributed by atoms with Crippen molar-refractivity contribution >= 4 is 22.8 Å². The molecule has 2 atom stereocenters. The molecule has 186 valence electrons. The molecule has 5 rings (SSSR count). The van der Waals surface area contributed by atoms with Gasteiger partial charge in [0.05, 0.1) is 13.7 Å². The molecule has 3 aromatic rings. The van der Waals surface area contributed by atoms with Gasteiger partial charge < -0.3 is 14.8 Å². The summed E-state index contributed by atoms with van der Waals surface area (Å²) < 4.78 is 5.45. The molecular formula is C28H30N4O4. The molecule has 0 saturated carbocycles. The zero-order valence-electron chi connectivity index (χ0n) is 20.7. The van der Waals surface area contributed by atoms with Gasteiger partial charge in [-0.25, -0.2) is 4.79 Å². The number of benzene rings is 2. The number of aromatic amines is 1. The van der Waals surface area contributed by atoms with Gasteiger partial charge in [-0.3, -0.25) is 19.5 Å². The lowest BCUT2D eigenvalue weighted by Gasteiger charge is -2.42. The molecule has 1 saturated heterocycles. The monoisotopic (exact) mass is 486 g/mol. The summed E-state index contributed by atoms with van der Waals surface area (Å²) in [5, 5.41) is 11.2. The summed E-state index contributed by atoms with van der Waals surface area (Å²) in [6.45, 7) is 3.34. The van der Waals surface area contributed by atoms with Crippen LogP contribution in [0, 0.1) is 12.3 Å². The molecule has 0 bridgehead atoms. The van der Waals surface area contributed by atoms with Gasteiger partial charge in [0, 0.05) is 36.1 Å². The van der Waals surface area contributed by atoms with Crippen LogP contribution in [0.25, 0.3) is 10.9 Å². The summed E-state index contributed by atoms with van der Waals surface area (Å²) in [4.78, 5) is 36.2. The average molecular weight is 487 g/mol. The predicted octanol–water partition coefficient (Wildman–Crippen LogP) is 3.51. The maximum absolute atomic E-state index is 13.8. The number of imide groups is 1. The topological polar surface area (TPSA) is 89.1 Å². The van der Waals surface area contributed by atoms with Crippen molar-refractivity contribution in [2.45, 2.75) is 31.3 Å². The fourth-order valence-electron chi connectivity index (χ4n) is 5.59. The second-order valence-corrected chi connectivity index (χ2v) is 9.78. The highest BCUT2D eigenvalue weighted by atomic mass is 16.5. The van der Waals surface area contributed by atoms with E-state index in [0.29, 0.717) is 32.5 Å².